The third kappa shape index (κ3) is 3.98. The second-order valence-electron chi connectivity index (χ2n) is 3.94. The predicted octanol–water partition coefficient (Wildman–Crippen LogP) is -0.598. The molecule has 0 radical (unpaired) electrons. The molecule has 17 heavy (non-hydrogen) atoms. The fourth-order valence-electron chi connectivity index (χ4n) is 1.55. The smallest absolute Gasteiger partial charge is 0.336 e. The average Bonchev–Trinajstić information content (AvgIpc) is 2.37. The highest BCUT2D eigenvalue weighted by molar-refractivity contribution is 5.83. The van der Waals surface area contributed by atoms with Crippen molar-refractivity contribution in [3.8, 4) is 0 Å². The number of hydrogen-bond donors (Lipinski definition) is 3. The van der Waals surface area contributed by atoms with Crippen molar-refractivity contribution in [2.75, 3.05) is 20.2 Å². The Hall–Kier alpha value is -1.14. The molecule has 100 valence electrons. The third-order valence-corrected chi connectivity index (χ3v) is 3.16. The first-order chi connectivity index (χ1) is 7.97. The Morgan fingerprint density at radius 1 is 1.41 bits per heavy atom. The Labute approximate surface area is 102 Å². The summed E-state index contributed by atoms with van der Waals surface area (Å²) in [7, 11) is 1.18. The first-order valence-electron chi connectivity index (χ1n) is 5.71. The van der Waals surface area contributed by atoms with E-state index < -0.39 is 17.5 Å². The lowest BCUT2D eigenvalue weighted by Crippen LogP contribution is -2.48. The van der Waals surface area contributed by atoms with Crippen LogP contribution in [0, 0.1) is 5.41 Å². The Balaban J connectivity index is 4.39. The van der Waals surface area contributed by atoms with Gasteiger partial charge < -0.3 is 20.9 Å². The first kappa shape index (κ1) is 15.9. The van der Waals surface area contributed by atoms with Crippen molar-refractivity contribution < 1.29 is 19.4 Å². The highest BCUT2D eigenvalue weighted by Crippen LogP contribution is 2.24. The summed E-state index contributed by atoms with van der Waals surface area (Å²) in [4.78, 5) is 22.9. The van der Waals surface area contributed by atoms with Crippen molar-refractivity contribution in [1.29, 1.82) is 0 Å². The summed E-state index contributed by atoms with van der Waals surface area (Å²) in [6.07, 6.45) is -0.117. The maximum atomic E-state index is 11.9. The number of carbonyl (C=O) groups is 2. The van der Waals surface area contributed by atoms with E-state index >= 15 is 0 Å². The topological polar surface area (TPSA) is 102 Å². The molecular formula is C11H22N2O4. The second-order valence-corrected chi connectivity index (χ2v) is 3.94. The lowest BCUT2D eigenvalue weighted by atomic mass is 9.81. The van der Waals surface area contributed by atoms with Crippen LogP contribution in [-0.4, -0.2) is 43.3 Å². The monoisotopic (exact) mass is 246 g/mol. The lowest BCUT2D eigenvalue weighted by molar-refractivity contribution is -0.150. The normalized spacial score (nSPS) is 13.0. The number of esters is 1. The van der Waals surface area contributed by atoms with Crippen molar-refractivity contribution in [1.82, 2.24) is 5.32 Å². The van der Waals surface area contributed by atoms with Crippen LogP contribution >= 0.6 is 0 Å². The molecule has 0 heterocycles. The number of aliphatic hydroxyl groups excluding tert-OH is 1. The first-order valence-corrected chi connectivity index (χ1v) is 5.71. The summed E-state index contributed by atoms with van der Waals surface area (Å²) in [5.41, 5.74) is 4.98. The van der Waals surface area contributed by atoms with E-state index in [0.717, 1.165) is 0 Å². The molecule has 0 aromatic heterocycles. The number of nitrogens with two attached hydrogens (primary N) is 1. The van der Waals surface area contributed by atoms with Gasteiger partial charge in [0.25, 0.3) is 0 Å². The number of carbonyl (C=O) groups excluding carboxylic acids is 2. The molecule has 0 bridgehead atoms. The van der Waals surface area contributed by atoms with Crippen LogP contribution in [0.2, 0.25) is 0 Å². The molecule has 4 N–H and O–H groups in total. The molecule has 6 heteroatoms. The number of nitrogens with one attached hydrogen (secondary N) is 1. The SMILES string of the molecule is CCC(CC)(CN)C(=O)NCC(O)C(=O)OC. The maximum absolute atomic E-state index is 11.9. The molecule has 0 aliphatic rings. The number of ether oxygens (including phenoxy) is 1. The third-order valence-electron chi connectivity index (χ3n) is 3.16. The van der Waals surface area contributed by atoms with E-state index in [1.807, 2.05) is 13.8 Å². The van der Waals surface area contributed by atoms with Gasteiger partial charge in [-0.25, -0.2) is 4.79 Å². The van der Waals surface area contributed by atoms with Crippen molar-refractivity contribution in [3.63, 3.8) is 0 Å². The molecule has 0 rings (SSSR count). The van der Waals surface area contributed by atoms with Crippen LogP contribution in [0.3, 0.4) is 0 Å². The summed E-state index contributed by atoms with van der Waals surface area (Å²) in [5, 5.41) is 11.9. The van der Waals surface area contributed by atoms with E-state index in [1.165, 1.54) is 7.11 Å². The minimum absolute atomic E-state index is 0.159. The van der Waals surface area contributed by atoms with Gasteiger partial charge in [0, 0.05) is 6.54 Å². The number of rotatable bonds is 7. The Morgan fingerprint density at radius 2 is 1.94 bits per heavy atom. The summed E-state index contributed by atoms with van der Waals surface area (Å²) < 4.78 is 4.34. The molecule has 0 aliphatic carbocycles. The van der Waals surface area contributed by atoms with Gasteiger partial charge in [0.15, 0.2) is 6.10 Å². The second kappa shape index (κ2) is 7.24. The predicted molar refractivity (Wildman–Crippen MR) is 63.1 cm³/mol. The van der Waals surface area contributed by atoms with Crippen LogP contribution in [0.5, 0.6) is 0 Å². The van der Waals surface area contributed by atoms with Crippen molar-refractivity contribution in [2.45, 2.75) is 32.8 Å². The van der Waals surface area contributed by atoms with Gasteiger partial charge in [-0.1, -0.05) is 13.8 Å². The minimum atomic E-state index is -1.34. The quantitative estimate of drug-likeness (QED) is 0.521. The zero-order chi connectivity index (χ0) is 13.5. The minimum Gasteiger partial charge on any atom is -0.467 e. The molecule has 0 fully saturated rings. The van der Waals surface area contributed by atoms with Crippen LogP contribution in [0.25, 0.3) is 0 Å². The molecule has 0 aliphatic heterocycles. The van der Waals surface area contributed by atoms with E-state index in [-0.39, 0.29) is 19.0 Å². The van der Waals surface area contributed by atoms with Gasteiger partial charge in [-0.05, 0) is 12.8 Å². The van der Waals surface area contributed by atoms with Crippen LogP contribution < -0.4 is 11.1 Å². The van der Waals surface area contributed by atoms with Crippen LogP contribution in [0.4, 0.5) is 0 Å². The highest BCUT2D eigenvalue weighted by atomic mass is 16.5. The molecule has 0 spiro atoms. The van der Waals surface area contributed by atoms with Crippen LogP contribution in [0.15, 0.2) is 0 Å². The number of methoxy groups -OCH3 is 1. The zero-order valence-corrected chi connectivity index (χ0v) is 10.7. The number of hydrogen-bond acceptors (Lipinski definition) is 5. The highest BCUT2D eigenvalue weighted by Gasteiger charge is 2.33. The maximum Gasteiger partial charge on any atom is 0.336 e. The molecule has 6 nitrogen and oxygen atoms in total. The molecule has 1 unspecified atom stereocenters. The molecule has 0 aromatic rings. The van der Waals surface area contributed by atoms with Crippen molar-refractivity contribution in [2.24, 2.45) is 11.1 Å². The van der Waals surface area contributed by atoms with Gasteiger partial charge in [0.2, 0.25) is 5.91 Å². The van der Waals surface area contributed by atoms with E-state index in [9.17, 15) is 14.7 Å². The van der Waals surface area contributed by atoms with E-state index in [4.69, 9.17) is 5.73 Å². The van der Waals surface area contributed by atoms with Gasteiger partial charge in [0.1, 0.15) is 0 Å². The summed E-state index contributed by atoms with van der Waals surface area (Å²) in [5.74, 6) is -1.01. The fraction of sp³-hybridized carbons (Fsp3) is 0.818. The Bertz CT molecular complexity index is 256. The molecule has 0 aromatic carbocycles. The molecule has 1 amide bonds. The molecule has 0 saturated carbocycles. The number of amides is 1. The summed E-state index contributed by atoms with van der Waals surface area (Å²) in [6, 6.07) is 0. The van der Waals surface area contributed by atoms with Crippen LogP contribution in [-0.2, 0) is 14.3 Å². The van der Waals surface area contributed by atoms with E-state index in [0.29, 0.717) is 12.8 Å². The van der Waals surface area contributed by atoms with Gasteiger partial charge in [-0.3, -0.25) is 4.79 Å². The zero-order valence-electron chi connectivity index (χ0n) is 10.7. The van der Waals surface area contributed by atoms with E-state index in [1.54, 1.807) is 0 Å². The van der Waals surface area contributed by atoms with Gasteiger partial charge in [-0.15, -0.1) is 0 Å². The Kier molecular flexibility index (Phi) is 6.75. The molecule has 1 atom stereocenters. The lowest BCUT2D eigenvalue weighted by Gasteiger charge is -2.28. The Morgan fingerprint density at radius 3 is 2.29 bits per heavy atom. The van der Waals surface area contributed by atoms with Crippen molar-refractivity contribution >= 4 is 11.9 Å². The van der Waals surface area contributed by atoms with Crippen LogP contribution in [0.1, 0.15) is 26.7 Å². The van der Waals surface area contributed by atoms with Gasteiger partial charge in [0.05, 0.1) is 19.1 Å². The number of aliphatic hydroxyl groups is 1. The molecule has 0 saturated heterocycles. The van der Waals surface area contributed by atoms with Crippen molar-refractivity contribution in [3.05, 3.63) is 0 Å². The fourth-order valence-corrected chi connectivity index (χ4v) is 1.55. The summed E-state index contributed by atoms with van der Waals surface area (Å²) >= 11 is 0. The standard InChI is InChI=1S/C11H22N2O4/c1-4-11(5-2,7-12)10(16)13-6-8(14)9(15)17-3/h8,14H,4-7,12H2,1-3H3,(H,13,16). The van der Waals surface area contributed by atoms with E-state index in [2.05, 4.69) is 10.1 Å². The average molecular weight is 246 g/mol. The summed E-state index contributed by atoms with van der Waals surface area (Å²) in [6.45, 7) is 3.84. The largest absolute Gasteiger partial charge is 0.467 e. The molecular weight excluding hydrogens is 224 g/mol. The van der Waals surface area contributed by atoms with Gasteiger partial charge >= 0.3 is 5.97 Å². The van der Waals surface area contributed by atoms with Gasteiger partial charge in [-0.2, -0.15) is 0 Å².